The molecule has 4 rings (SSSR count). The molecule has 34 heavy (non-hydrogen) atoms. The van der Waals surface area contributed by atoms with Crippen molar-refractivity contribution in [2.24, 2.45) is 0 Å². The summed E-state index contributed by atoms with van der Waals surface area (Å²) in [5.74, 6) is 0.303. The maximum Gasteiger partial charge on any atom is 0.274 e. The number of tetrazole rings is 1. The fourth-order valence-corrected chi connectivity index (χ4v) is 3.47. The van der Waals surface area contributed by atoms with Crippen molar-refractivity contribution in [2.75, 3.05) is 18.4 Å². The summed E-state index contributed by atoms with van der Waals surface area (Å²) in [5, 5.41) is 14.8. The normalized spacial score (nSPS) is 11.3. The molecule has 1 N–H and O–H groups in total. The van der Waals surface area contributed by atoms with Crippen LogP contribution in [0.4, 0.5) is 5.69 Å². The van der Waals surface area contributed by atoms with Crippen molar-refractivity contribution in [3.63, 3.8) is 0 Å². The van der Waals surface area contributed by atoms with Crippen molar-refractivity contribution in [1.82, 2.24) is 25.1 Å². The van der Waals surface area contributed by atoms with Gasteiger partial charge in [-0.25, -0.2) is 0 Å². The van der Waals surface area contributed by atoms with Crippen LogP contribution in [0.15, 0.2) is 77.4 Å². The molecule has 0 bridgehead atoms. The topological polar surface area (TPSA) is 106 Å². The summed E-state index contributed by atoms with van der Waals surface area (Å²) in [5.41, 5.74) is 1.87. The zero-order valence-electron chi connectivity index (χ0n) is 18.9. The highest BCUT2D eigenvalue weighted by Crippen LogP contribution is 2.22. The Morgan fingerprint density at radius 1 is 1.03 bits per heavy atom. The number of carbonyl (C=O) groups is 2. The number of hydrogen-bond acceptors (Lipinski definition) is 6. The zero-order valence-corrected chi connectivity index (χ0v) is 18.9. The van der Waals surface area contributed by atoms with Crippen LogP contribution < -0.4 is 5.32 Å². The van der Waals surface area contributed by atoms with Crippen molar-refractivity contribution in [3.8, 4) is 11.4 Å². The number of aromatic nitrogens is 4. The van der Waals surface area contributed by atoms with Gasteiger partial charge in [0.25, 0.3) is 11.8 Å². The fourth-order valence-electron chi connectivity index (χ4n) is 3.47. The van der Waals surface area contributed by atoms with E-state index in [9.17, 15) is 9.59 Å². The lowest BCUT2D eigenvalue weighted by atomic mass is 10.1. The highest BCUT2D eigenvalue weighted by atomic mass is 16.3. The third-order valence-corrected chi connectivity index (χ3v) is 5.20. The van der Waals surface area contributed by atoms with Crippen LogP contribution >= 0.6 is 0 Å². The predicted octanol–water partition coefficient (Wildman–Crippen LogP) is 4.05. The Morgan fingerprint density at radius 3 is 2.53 bits per heavy atom. The minimum Gasteiger partial charge on any atom is -0.465 e. The van der Waals surface area contributed by atoms with Crippen molar-refractivity contribution in [1.29, 1.82) is 0 Å². The van der Waals surface area contributed by atoms with Gasteiger partial charge in [0.15, 0.2) is 5.82 Å². The Morgan fingerprint density at radius 2 is 1.82 bits per heavy atom. The second kappa shape index (κ2) is 10.4. The standard InChI is InChI=1S/C25H24N6O3/c1-3-30(4-2)25(33)19-12-8-13-20(16-19)26-24(32)22(17-21-14-9-15-34-21)31-23(27-28-29-31)18-10-6-5-7-11-18/h5-17H,3-4H2,1-2H3,(H,26,32)/b22-17+. The van der Waals surface area contributed by atoms with Crippen LogP contribution in [0.1, 0.15) is 30.0 Å². The van der Waals surface area contributed by atoms with Crippen LogP contribution in [0.5, 0.6) is 0 Å². The Hall–Kier alpha value is -4.53. The van der Waals surface area contributed by atoms with E-state index in [0.717, 1.165) is 5.56 Å². The van der Waals surface area contributed by atoms with Crippen LogP contribution in [0.3, 0.4) is 0 Å². The summed E-state index contributed by atoms with van der Waals surface area (Å²) in [4.78, 5) is 27.9. The molecule has 0 atom stereocenters. The van der Waals surface area contributed by atoms with Crippen molar-refractivity contribution in [2.45, 2.75) is 13.8 Å². The molecule has 0 aliphatic rings. The summed E-state index contributed by atoms with van der Waals surface area (Å²) in [7, 11) is 0. The van der Waals surface area contributed by atoms with Gasteiger partial charge in [0.1, 0.15) is 11.5 Å². The number of rotatable bonds is 8. The lowest BCUT2D eigenvalue weighted by molar-refractivity contribution is -0.111. The van der Waals surface area contributed by atoms with Crippen LogP contribution in [0.2, 0.25) is 0 Å². The minimum atomic E-state index is -0.465. The molecule has 0 radical (unpaired) electrons. The van der Waals surface area contributed by atoms with Gasteiger partial charge in [-0.05, 0) is 54.6 Å². The summed E-state index contributed by atoms with van der Waals surface area (Å²) in [6, 6.07) is 19.6. The molecule has 9 heteroatoms. The molecule has 0 saturated heterocycles. The molecule has 0 unspecified atom stereocenters. The second-order valence-corrected chi connectivity index (χ2v) is 7.34. The number of hydrogen-bond donors (Lipinski definition) is 1. The highest BCUT2D eigenvalue weighted by molar-refractivity contribution is 6.24. The number of anilines is 1. The van der Waals surface area contributed by atoms with E-state index in [1.54, 1.807) is 47.4 Å². The quantitative estimate of drug-likeness (QED) is 0.401. The van der Waals surface area contributed by atoms with Crippen molar-refractivity contribution >= 4 is 29.3 Å². The molecule has 0 aliphatic carbocycles. The van der Waals surface area contributed by atoms with Gasteiger partial charge in [-0.2, -0.15) is 4.68 Å². The number of nitrogens with zero attached hydrogens (tertiary/aromatic N) is 5. The van der Waals surface area contributed by atoms with Gasteiger partial charge in [0, 0.05) is 36.0 Å². The van der Waals surface area contributed by atoms with E-state index >= 15 is 0 Å². The van der Waals surface area contributed by atoms with Gasteiger partial charge in [-0.1, -0.05) is 36.4 Å². The molecular weight excluding hydrogens is 432 g/mol. The van der Waals surface area contributed by atoms with Gasteiger partial charge < -0.3 is 14.6 Å². The predicted molar refractivity (Wildman–Crippen MR) is 128 cm³/mol. The summed E-state index contributed by atoms with van der Waals surface area (Å²) >= 11 is 0. The second-order valence-electron chi connectivity index (χ2n) is 7.34. The first-order chi connectivity index (χ1) is 16.6. The Kier molecular flexibility index (Phi) is 6.92. The Bertz CT molecular complexity index is 1290. The van der Waals surface area contributed by atoms with E-state index in [1.807, 2.05) is 44.2 Å². The molecule has 2 amide bonds. The van der Waals surface area contributed by atoms with Crippen molar-refractivity contribution < 1.29 is 14.0 Å². The third-order valence-electron chi connectivity index (χ3n) is 5.20. The van der Waals surface area contributed by atoms with E-state index < -0.39 is 5.91 Å². The molecule has 0 spiro atoms. The van der Waals surface area contributed by atoms with Crippen LogP contribution in [0.25, 0.3) is 23.2 Å². The zero-order chi connectivity index (χ0) is 23.9. The van der Waals surface area contributed by atoms with E-state index in [2.05, 4.69) is 20.8 Å². The third kappa shape index (κ3) is 4.93. The number of benzene rings is 2. The largest absolute Gasteiger partial charge is 0.465 e. The monoisotopic (exact) mass is 456 g/mol. The molecule has 0 fully saturated rings. The number of furan rings is 1. The number of amides is 2. The average Bonchev–Trinajstić information content (AvgIpc) is 3.56. The molecule has 0 aliphatic heterocycles. The minimum absolute atomic E-state index is 0.0979. The molecule has 172 valence electrons. The lowest BCUT2D eigenvalue weighted by Crippen LogP contribution is -2.30. The van der Waals surface area contributed by atoms with E-state index in [1.165, 1.54) is 10.9 Å². The summed E-state index contributed by atoms with van der Waals surface area (Å²) in [6.45, 7) is 5.05. The fraction of sp³-hybridized carbons (Fsp3) is 0.160. The first-order valence-corrected chi connectivity index (χ1v) is 10.9. The number of nitrogens with one attached hydrogen (secondary N) is 1. The Labute approximate surface area is 196 Å². The molecular formula is C25H24N6O3. The van der Waals surface area contributed by atoms with Gasteiger partial charge in [-0.3, -0.25) is 9.59 Å². The Balaban J connectivity index is 1.68. The van der Waals surface area contributed by atoms with Gasteiger partial charge in [-0.15, -0.1) is 5.10 Å². The molecule has 2 heterocycles. The van der Waals surface area contributed by atoms with Crippen LogP contribution in [-0.4, -0.2) is 50.0 Å². The first-order valence-electron chi connectivity index (χ1n) is 10.9. The maximum atomic E-state index is 13.4. The smallest absolute Gasteiger partial charge is 0.274 e. The van der Waals surface area contributed by atoms with Crippen LogP contribution in [-0.2, 0) is 4.79 Å². The summed E-state index contributed by atoms with van der Waals surface area (Å²) < 4.78 is 6.78. The van der Waals surface area contributed by atoms with Crippen molar-refractivity contribution in [3.05, 3.63) is 84.3 Å². The molecule has 2 aromatic carbocycles. The molecule has 0 saturated carbocycles. The SMILES string of the molecule is CCN(CC)C(=O)c1cccc(NC(=O)/C(=C\c2ccco2)n2nnnc2-c2ccccc2)c1. The molecule has 4 aromatic rings. The first kappa shape index (κ1) is 22.7. The lowest BCUT2D eigenvalue weighted by Gasteiger charge is -2.19. The maximum absolute atomic E-state index is 13.4. The molecule has 2 aromatic heterocycles. The van der Waals surface area contributed by atoms with Crippen LogP contribution in [0, 0.1) is 0 Å². The van der Waals surface area contributed by atoms with Gasteiger partial charge in [0.2, 0.25) is 0 Å². The van der Waals surface area contributed by atoms with Gasteiger partial charge >= 0.3 is 0 Å². The van der Waals surface area contributed by atoms with Gasteiger partial charge in [0.05, 0.1) is 6.26 Å². The summed E-state index contributed by atoms with van der Waals surface area (Å²) in [6.07, 6.45) is 3.07. The van der Waals surface area contributed by atoms with E-state index in [0.29, 0.717) is 35.9 Å². The molecule has 9 nitrogen and oxygen atoms in total. The average molecular weight is 457 g/mol. The van der Waals surface area contributed by atoms with E-state index in [-0.39, 0.29) is 11.6 Å². The number of carbonyl (C=O) groups excluding carboxylic acids is 2. The van der Waals surface area contributed by atoms with E-state index in [4.69, 9.17) is 4.42 Å². The highest BCUT2D eigenvalue weighted by Gasteiger charge is 2.21.